The lowest BCUT2D eigenvalue weighted by Gasteiger charge is -2.34. The molecule has 1 saturated heterocycles. The van der Waals surface area contributed by atoms with Crippen molar-refractivity contribution >= 4 is 12.2 Å². The quantitative estimate of drug-likeness (QED) is 0.538. The van der Waals surface area contributed by atoms with Crippen LogP contribution in [0.3, 0.4) is 0 Å². The molecular weight excluding hydrogens is 329 g/mol. The summed E-state index contributed by atoms with van der Waals surface area (Å²) >= 11 is 4.69. The van der Waals surface area contributed by atoms with E-state index in [2.05, 4.69) is 17.2 Å². The first-order valence-corrected chi connectivity index (χ1v) is 6.57. The van der Waals surface area contributed by atoms with Crippen LogP contribution in [0.1, 0.15) is 6.23 Å². The SMILES string of the molecule is O=c1[nH]c(=S)ccn1[C@@H]1OC2(CO)C(O)C2C1(O)C(F)(F)F. The number of ether oxygens (including phenoxy) is 1. The van der Waals surface area contributed by atoms with Crippen molar-refractivity contribution < 1.29 is 33.2 Å². The van der Waals surface area contributed by atoms with Crippen molar-refractivity contribution in [3.05, 3.63) is 27.4 Å². The third-order valence-electron chi connectivity index (χ3n) is 4.22. The number of nitrogens with zero attached hydrogens (tertiary/aromatic N) is 1. The fourth-order valence-electron chi connectivity index (χ4n) is 3.03. The lowest BCUT2D eigenvalue weighted by Crippen LogP contribution is -2.55. The Kier molecular flexibility index (Phi) is 3.11. The van der Waals surface area contributed by atoms with E-state index in [0.29, 0.717) is 4.57 Å². The number of aromatic nitrogens is 2. The van der Waals surface area contributed by atoms with Gasteiger partial charge in [0.05, 0.1) is 18.6 Å². The second kappa shape index (κ2) is 4.38. The summed E-state index contributed by atoms with van der Waals surface area (Å²) in [5, 5.41) is 29.0. The van der Waals surface area contributed by atoms with Gasteiger partial charge in [0.1, 0.15) is 10.2 Å². The van der Waals surface area contributed by atoms with Crippen LogP contribution in [-0.4, -0.2) is 55.0 Å². The Labute approximate surface area is 125 Å². The van der Waals surface area contributed by atoms with Gasteiger partial charge in [-0.15, -0.1) is 0 Å². The Hall–Kier alpha value is -1.27. The van der Waals surface area contributed by atoms with Crippen LogP contribution in [0.15, 0.2) is 17.1 Å². The van der Waals surface area contributed by atoms with Gasteiger partial charge in [-0.3, -0.25) is 9.55 Å². The molecule has 2 heterocycles. The highest BCUT2D eigenvalue weighted by Crippen LogP contribution is 2.67. The molecule has 1 aliphatic carbocycles. The van der Waals surface area contributed by atoms with Gasteiger partial charge in [-0.1, -0.05) is 12.2 Å². The molecule has 5 atom stereocenters. The van der Waals surface area contributed by atoms with Crippen LogP contribution in [0.2, 0.25) is 0 Å². The molecule has 7 nitrogen and oxygen atoms in total. The molecule has 4 unspecified atom stereocenters. The second-order valence-corrected chi connectivity index (χ2v) is 5.79. The van der Waals surface area contributed by atoms with Crippen molar-refractivity contribution in [2.24, 2.45) is 5.92 Å². The minimum Gasteiger partial charge on any atom is -0.393 e. The third-order valence-corrected chi connectivity index (χ3v) is 4.46. The zero-order valence-electron chi connectivity index (χ0n) is 10.7. The Balaban J connectivity index is 2.15. The molecule has 3 rings (SSSR count). The molecule has 2 fully saturated rings. The summed E-state index contributed by atoms with van der Waals surface area (Å²) in [5.41, 5.74) is -6.47. The van der Waals surface area contributed by atoms with Crippen molar-refractivity contribution in [1.82, 2.24) is 9.55 Å². The predicted octanol–water partition coefficient (Wildman–Crippen LogP) is -0.550. The summed E-state index contributed by atoms with van der Waals surface area (Å²) in [4.78, 5) is 13.9. The zero-order chi connectivity index (χ0) is 16.5. The second-order valence-electron chi connectivity index (χ2n) is 5.35. The molecule has 4 N–H and O–H groups in total. The molecule has 22 heavy (non-hydrogen) atoms. The van der Waals surface area contributed by atoms with Crippen molar-refractivity contribution in [2.75, 3.05) is 6.61 Å². The van der Waals surface area contributed by atoms with Crippen LogP contribution in [0.25, 0.3) is 0 Å². The molecule has 0 aromatic carbocycles. The molecule has 1 aromatic rings. The molecule has 11 heteroatoms. The predicted molar refractivity (Wildman–Crippen MR) is 66.3 cm³/mol. The monoisotopic (exact) mass is 340 g/mol. The van der Waals surface area contributed by atoms with Gasteiger partial charge in [-0.05, 0) is 6.07 Å². The van der Waals surface area contributed by atoms with Gasteiger partial charge >= 0.3 is 11.9 Å². The molecule has 1 aromatic heterocycles. The number of H-pyrrole nitrogens is 1. The molecule has 0 amide bonds. The van der Waals surface area contributed by atoms with Gasteiger partial charge in [0, 0.05) is 6.20 Å². The number of alkyl halides is 3. The molecule has 122 valence electrons. The molecule has 2 aliphatic rings. The van der Waals surface area contributed by atoms with E-state index in [4.69, 9.17) is 4.74 Å². The van der Waals surface area contributed by atoms with Crippen LogP contribution in [0, 0.1) is 10.6 Å². The normalized spacial score (nSPS) is 40.5. The largest absolute Gasteiger partial charge is 0.422 e. The number of nitrogens with one attached hydrogen (secondary N) is 1. The summed E-state index contributed by atoms with van der Waals surface area (Å²) in [6.45, 7) is -0.925. The van der Waals surface area contributed by atoms with Crippen LogP contribution >= 0.6 is 12.2 Å². The lowest BCUT2D eigenvalue weighted by atomic mass is 9.94. The van der Waals surface area contributed by atoms with Crippen LogP contribution in [-0.2, 0) is 4.74 Å². The molecule has 1 saturated carbocycles. The summed E-state index contributed by atoms with van der Waals surface area (Å²) in [7, 11) is 0. The first kappa shape index (κ1) is 15.6. The van der Waals surface area contributed by atoms with Crippen molar-refractivity contribution in [3.63, 3.8) is 0 Å². The maximum absolute atomic E-state index is 13.4. The maximum Gasteiger partial charge on any atom is 0.422 e. The van der Waals surface area contributed by atoms with Crippen molar-refractivity contribution in [1.29, 1.82) is 0 Å². The van der Waals surface area contributed by atoms with E-state index >= 15 is 0 Å². The fourth-order valence-corrected chi connectivity index (χ4v) is 3.18. The molecule has 1 aliphatic heterocycles. The topological polar surface area (TPSA) is 108 Å². The molecule has 0 radical (unpaired) electrons. The number of hydrogen-bond donors (Lipinski definition) is 4. The van der Waals surface area contributed by atoms with E-state index < -0.39 is 47.9 Å². The van der Waals surface area contributed by atoms with E-state index in [1.165, 1.54) is 0 Å². The number of aromatic amines is 1. The number of aliphatic hydroxyl groups is 3. The van der Waals surface area contributed by atoms with Gasteiger partial charge in [0.25, 0.3) is 0 Å². The smallest absolute Gasteiger partial charge is 0.393 e. The van der Waals surface area contributed by atoms with Gasteiger partial charge < -0.3 is 20.1 Å². The van der Waals surface area contributed by atoms with Crippen LogP contribution in [0.5, 0.6) is 0 Å². The van der Waals surface area contributed by atoms with Gasteiger partial charge in [-0.2, -0.15) is 13.2 Å². The van der Waals surface area contributed by atoms with Gasteiger partial charge in [0.2, 0.25) is 5.60 Å². The van der Waals surface area contributed by atoms with Gasteiger partial charge in [-0.25, -0.2) is 4.79 Å². The first-order valence-electron chi connectivity index (χ1n) is 6.17. The highest BCUT2D eigenvalue weighted by molar-refractivity contribution is 7.71. The molecule has 0 spiro atoms. The number of rotatable bonds is 2. The summed E-state index contributed by atoms with van der Waals surface area (Å²) in [6, 6.07) is 1.16. The molecule has 0 bridgehead atoms. The number of aliphatic hydroxyl groups excluding tert-OH is 2. The van der Waals surface area contributed by atoms with E-state index in [9.17, 15) is 33.3 Å². The first-order chi connectivity index (χ1) is 10.1. The highest BCUT2D eigenvalue weighted by atomic mass is 32.1. The zero-order valence-corrected chi connectivity index (χ0v) is 11.6. The van der Waals surface area contributed by atoms with Crippen molar-refractivity contribution in [3.8, 4) is 0 Å². The molecular formula is C11H11F3N2O5S. The number of fused-ring (bicyclic) bond motifs is 1. The Morgan fingerprint density at radius 2 is 2.14 bits per heavy atom. The Morgan fingerprint density at radius 1 is 1.50 bits per heavy atom. The van der Waals surface area contributed by atoms with E-state index in [1.54, 1.807) is 0 Å². The third kappa shape index (κ3) is 1.71. The van der Waals surface area contributed by atoms with Crippen LogP contribution < -0.4 is 5.69 Å². The average Bonchev–Trinajstić information content (AvgIpc) is 2.87. The maximum atomic E-state index is 13.4. The Morgan fingerprint density at radius 3 is 2.64 bits per heavy atom. The number of hydrogen-bond acceptors (Lipinski definition) is 6. The van der Waals surface area contributed by atoms with Crippen molar-refractivity contribution in [2.45, 2.75) is 29.7 Å². The van der Waals surface area contributed by atoms with E-state index in [1.807, 2.05) is 0 Å². The lowest BCUT2D eigenvalue weighted by molar-refractivity contribution is -0.306. The highest BCUT2D eigenvalue weighted by Gasteiger charge is 2.88. The minimum atomic E-state index is -5.19. The fraction of sp³-hybridized carbons (Fsp3) is 0.636. The summed E-state index contributed by atoms with van der Waals surface area (Å²) in [6.07, 6.45) is -8.07. The van der Waals surface area contributed by atoms with Crippen LogP contribution in [0.4, 0.5) is 13.2 Å². The number of halogens is 3. The van der Waals surface area contributed by atoms with Gasteiger partial charge in [0.15, 0.2) is 6.23 Å². The summed E-state index contributed by atoms with van der Waals surface area (Å²) in [5.74, 6) is -1.79. The standard InChI is InChI=1S/C11H11F3N2O5S/c12-11(13,14)10(20)5-6(18)9(5,3-17)21-7(10)16-2-1-4(22)15-8(16)19/h1-2,5-7,17-18,20H,3H2,(H,15,19,22)/t5?,6?,7-,9?,10?/m1/s1. The van der Waals surface area contributed by atoms with E-state index in [0.717, 1.165) is 12.3 Å². The Bertz CT molecular complexity index is 733. The summed E-state index contributed by atoms with van der Waals surface area (Å²) < 4.78 is 45.7. The van der Waals surface area contributed by atoms with E-state index in [-0.39, 0.29) is 4.64 Å². The minimum absolute atomic E-state index is 0.00291. The average molecular weight is 340 g/mol.